The molecule has 2 heterocycles. The highest BCUT2D eigenvalue weighted by molar-refractivity contribution is 5.97. The molecule has 3 rings (SSSR count). The summed E-state index contributed by atoms with van der Waals surface area (Å²) in [4.78, 5) is 19.8. The number of benzene rings is 1. The highest BCUT2D eigenvalue weighted by atomic mass is 16.2. The molecule has 0 radical (unpaired) electrons. The van der Waals surface area contributed by atoms with Crippen LogP contribution < -0.4 is 4.90 Å². The third kappa shape index (κ3) is 3.29. The molecule has 0 N–H and O–H groups in total. The fourth-order valence-corrected chi connectivity index (χ4v) is 4.12. The average Bonchev–Trinajstić information content (AvgIpc) is 2.49. The summed E-state index contributed by atoms with van der Waals surface area (Å²) in [5.41, 5.74) is 2.28. The van der Waals surface area contributed by atoms with Gasteiger partial charge in [0.2, 0.25) is 5.91 Å². The van der Waals surface area contributed by atoms with E-state index < -0.39 is 0 Å². The number of fused-ring (bicyclic) bond motifs is 1. The zero-order chi connectivity index (χ0) is 16.6. The fourth-order valence-electron chi connectivity index (χ4n) is 4.12. The normalized spacial score (nSPS) is 25.2. The van der Waals surface area contributed by atoms with E-state index in [1.165, 1.54) is 5.56 Å². The third-order valence-electron chi connectivity index (χ3n) is 5.32. The molecule has 0 aromatic heterocycles. The lowest BCUT2D eigenvalue weighted by molar-refractivity contribution is -0.121. The van der Waals surface area contributed by atoms with Crippen LogP contribution in [0.2, 0.25) is 0 Å². The van der Waals surface area contributed by atoms with Crippen LogP contribution in [0.25, 0.3) is 0 Å². The van der Waals surface area contributed by atoms with E-state index in [0.29, 0.717) is 12.5 Å². The lowest BCUT2D eigenvalue weighted by Gasteiger charge is -2.46. The molecular weight excluding hydrogens is 286 g/mol. The predicted octanol–water partition coefficient (Wildman–Crippen LogP) is 2.55. The number of carbonyl (C=O) groups is 1. The van der Waals surface area contributed by atoms with E-state index in [4.69, 9.17) is 0 Å². The van der Waals surface area contributed by atoms with E-state index in [2.05, 4.69) is 60.7 Å². The Balaban J connectivity index is 1.82. The molecule has 1 aromatic carbocycles. The zero-order valence-corrected chi connectivity index (χ0v) is 14.9. The Bertz CT molecular complexity index is 576. The van der Waals surface area contributed by atoms with Crippen molar-refractivity contribution in [1.82, 2.24) is 9.80 Å². The van der Waals surface area contributed by atoms with Gasteiger partial charge in [-0.25, -0.2) is 0 Å². The van der Waals surface area contributed by atoms with Crippen LogP contribution in [0.15, 0.2) is 24.3 Å². The molecule has 0 aliphatic carbocycles. The van der Waals surface area contributed by atoms with Gasteiger partial charge in [-0.2, -0.15) is 0 Å². The second-order valence-electron chi connectivity index (χ2n) is 7.78. The van der Waals surface area contributed by atoms with Crippen LogP contribution in [0.1, 0.15) is 38.7 Å². The molecular formula is C19H29N3O. The van der Waals surface area contributed by atoms with Crippen molar-refractivity contribution in [2.45, 2.75) is 38.6 Å². The predicted molar refractivity (Wildman–Crippen MR) is 95.0 cm³/mol. The molecule has 0 spiro atoms. The Morgan fingerprint density at radius 1 is 1.17 bits per heavy atom. The molecule has 2 aliphatic heterocycles. The van der Waals surface area contributed by atoms with E-state index in [-0.39, 0.29) is 11.4 Å². The molecule has 23 heavy (non-hydrogen) atoms. The van der Waals surface area contributed by atoms with E-state index >= 15 is 0 Å². The minimum atomic E-state index is -0.128. The Morgan fingerprint density at radius 3 is 2.52 bits per heavy atom. The van der Waals surface area contributed by atoms with Gasteiger partial charge in [-0.15, -0.1) is 0 Å². The minimum Gasteiger partial charge on any atom is -0.305 e. The van der Waals surface area contributed by atoms with Gasteiger partial charge in [0.05, 0.1) is 6.54 Å². The molecule has 4 nitrogen and oxygen atoms in total. The Morgan fingerprint density at radius 2 is 1.83 bits per heavy atom. The van der Waals surface area contributed by atoms with Gasteiger partial charge in [0.25, 0.3) is 0 Å². The number of nitrogens with zero attached hydrogens (tertiary/aromatic N) is 3. The van der Waals surface area contributed by atoms with Crippen LogP contribution in [0, 0.1) is 0 Å². The highest BCUT2D eigenvalue weighted by Crippen LogP contribution is 2.43. The van der Waals surface area contributed by atoms with Crippen LogP contribution in [-0.2, 0) is 4.79 Å². The van der Waals surface area contributed by atoms with E-state index in [0.717, 1.165) is 38.3 Å². The largest absolute Gasteiger partial charge is 0.305 e. The van der Waals surface area contributed by atoms with Crippen molar-refractivity contribution in [3.63, 3.8) is 0 Å². The summed E-state index contributed by atoms with van der Waals surface area (Å²) in [6, 6.07) is 8.40. The standard InChI is InChI=1S/C19H29N3O/c1-15-13-19(2,3)22(17-8-6-5-7-16(15)17)18(23)14-21-11-9-20(4)10-12-21/h5-8,15H,9-14H2,1-4H3/t15-/m1/s1. The first-order valence-electron chi connectivity index (χ1n) is 8.71. The Hall–Kier alpha value is -1.39. The maximum atomic E-state index is 13.1. The van der Waals surface area contributed by atoms with Gasteiger partial charge in [0.15, 0.2) is 0 Å². The van der Waals surface area contributed by atoms with Crippen molar-refractivity contribution in [2.75, 3.05) is 44.7 Å². The van der Waals surface area contributed by atoms with Crippen LogP contribution >= 0.6 is 0 Å². The minimum absolute atomic E-state index is 0.128. The van der Waals surface area contributed by atoms with E-state index in [9.17, 15) is 4.79 Å². The number of amides is 1. The molecule has 0 bridgehead atoms. The monoisotopic (exact) mass is 315 g/mol. The van der Waals surface area contributed by atoms with Gasteiger partial charge in [0.1, 0.15) is 0 Å². The van der Waals surface area contributed by atoms with Crippen LogP contribution in [-0.4, -0.2) is 61.0 Å². The summed E-state index contributed by atoms with van der Waals surface area (Å²) in [6.45, 7) is 11.2. The molecule has 4 heteroatoms. The number of likely N-dealkylation sites (N-methyl/N-ethyl adjacent to an activating group) is 1. The molecule has 1 amide bonds. The SMILES string of the molecule is C[C@@H]1CC(C)(C)N(C(=O)CN2CCN(C)CC2)c2ccccc21. The summed E-state index contributed by atoms with van der Waals surface area (Å²) in [7, 11) is 2.14. The molecule has 1 fully saturated rings. The van der Waals surface area contributed by atoms with Gasteiger partial charge in [-0.1, -0.05) is 25.1 Å². The van der Waals surface area contributed by atoms with E-state index in [1.54, 1.807) is 0 Å². The van der Waals surface area contributed by atoms with Crippen molar-refractivity contribution in [2.24, 2.45) is 0 Å². The lowest BCUT2D eigenvalue weighted by Crippen LogP contribution is -2.56. The van der Waals surface area contributed by atoms with Gasteiger partial charge < -0.3 is 9.80 Å². The van der Waals surface area contributed by atoms with Crippen LogP contribution in [0.3, 0.4) is 0 Å². The highest BCUT2D eigenvalue weighted by Gasteiger charge is 2.40. The first-order valence-corrected chi connectivity index (χ1v) is 8.71. The summed E-state index contributed by atoms with van der Waals surface area (Å²) < 4.78 is 0. The van der Waals surface area contributed by atoms with Gasteiger partial charge in [-0.3, -0.25) is 9.69 Å². The number of carbonyl (C=O) groups excluding carboxylic acids is 1. The topological polar surface area (TPSA) is 26.8 Å². The number of para-hydroxylation sites is 1. The summed E-state index contributed by atoms with van der Waals surface area (Å²) in [5.74, 6) is 0.729. The number of piperazine rings is 1. The van der Waals surface area contributed by atoms with Gasteiger partial charge in [-0.05, 0) is 44.9 Å². The molecule has 2 aliphatic rings. The summed E-state index contributed by atoms with van der Waals surface area (Å²) >= 11 is 0. The van der Waals surface area contributed by atoms with Crippen molar-refractivity contribution >= 4 is 11.6 Å². The molecule has 1 aromatic rings. The second kappa shape index (κ2) is 6.25. The molecule has 0 unspecified atom stereocenters. The molecule has 0 saturated carbocycles. The number of hydrogen-bond acceptors (Lipinski definition) is 3. The van der Waals surface area contributed by atoms with Crippen LogP contribution in [0.5, 0.6) is 0 Å². The van der Waals surface area contributed by atoms with Gasteiger partial charge in [0, 0.05) is 37.4 Å². The number of hydrogen-bond donors (Lipinski definition) is 0. The van der Waals surface area contributed by atoms with Crippen molar-refractivity contribution in [3.8, 4) is 0 Å². The van der Waals surface area contributed by atoms with Crippen molar-refractivity contribution < 1.29 is 4.79 Å². The zero-order valence-electron chi connectivity index (χ0n) is 14.9. The second-order valence-corrected chi connectivity index (χ2v) is 7.78. The van der Waals surface area contributed by atoms with Gasteiger partial charge >= 0.3 is 0 Å². The van der Waals surface area contributed by atoms with E-state index in [1.807, 2.05) is 6.07 Å². The molecule has 1 saturated heterocycles. The van der Waals surface area contributed by atoms with Crippen molar-refractivity contribution in [1.29, 1.82) is 0 Å². The number of anilines is 1. The Labute approximate surface area is 140 Å². The third-order valence-corrected chi connectivity index (χ3v) is 5.32. The maximum absolute atomic E-state index is 13.1. The molecule has 126 valence electrons. The van der Waals surface area contributed by atoms with Crippen molar-refractivity contribution in [3.05, 3.63) is 29.8 Å². The lowest BCUT2D eigenvalue weighted by atomic mass is 9.80. The molecule has 1 atom stereocenters. The quantitative estimate of drug-likeness (QED) is 0.839. The smallest absolute Gasteiger partial charge is 0.241 e. The Kier molecular flexibility index (Phi) is 4.47. The van der Waals surface area contributed by atoms with Crippen LogP contribution in [0.4, 0.5) is 5.69 Å². The average molecular weight is 315 g/mol. The first-order chi connectivity index (χ1) is 10.9. The first kappa shape index (κ1) is 16.5. The maximum Gasteiger partial charge on any atom is 0.241 e. The fraction of sp³-hybridized carbons (Fsp3) is 0.632. The summed E-state index contributed by atoms with van der Waals surface area (Å²) in [6.07, 6.45) is 1.01. The summed E-state index contributed by atoms with van der Waals surface area (Å²) in [5, 5.41) is 0. The number of rotatable bonds is 2.